The summed E-state index contributed by atoms with van der Waals surface area (Å²) < 4.78 is 5.84. The Hall–Kier alpha value is -0.580. The maximum absolute atomic E-state index is 9.87. The van der Waals surface area contributed by atoms with Gasteiger partial charge in [-0.15, -0.1) is 11.3 Å². The number of furan rings is 1. The van der Waals surface area contributed by atoms with E-state index in [0.29, 0.717) is 0 Å². The molecule has 13 heavy (non-hydrogen) atoms. The van der Waals surface area contributed by atoms with Crippen LogP contribution in [0.1, 0.15) is 16.5 Å². The Morgan fingerprint density at radius 1 is 1.46 bits per heavy atom. The Morgan fingerprint density at radius 2 is 2.31 bits per heavy atom. The second-order valence-electron chi connectivity index (χ2n) is 2.59. The minimum Gasteiger partial charge on any atom is -0.472 e. The third kappa shape index (κ3) is 1.70. The third-order valence-electron chi connectivity index (χ3n) is 1.75. The highest BCUT2D eigenvalue weighted by atomic mass is 79.9. The number of thiophene rings is 1. The van der Waals surface area contributed by atoms with E-state index in [9.17, 15) is 5.11 Å². The molecule has 0 aromatic carbocycles. The molecular weight excluding hydrogens is 252 g/mol. The molecule has 4 heteroatoms. The van der Waals surface area contributed by atoms with Crippen LogP contribution < -0.4 is 0 Å². The summed E-state index contributed by atoms with van der Waals surface area (Å²) in [5.41, 5.74) is 0.781. The van der Waals surface area contributed by atoms with Gasteiger partial charge in [0.25, 0.3) is 0 Å². The molecule has 0 aliphatic carbocycles. The monoisotopic (exact) mass is 258 g/mol. The summed E-state index contributed by atoms with van der Waals surface area (Å²) in [4.78, 5) is 0.904. The average molecular weight is 259 g/mol. The maximum atomic E-state index is 9.87. The van der Waals surface area contributed by atoms with Crippen molar-refractivity contribution in [1.29, 1.82) is 0 Å². The van der Waals surface area contributed by atoms with E-state index in [1.807, 2.05) is 11.4 Å². The highest BCUT2D eigenvalue weighted by molar-refractivity contribution is 9.10. The molecule has 2 aromatic heterocycles. The Bertz CT molecular complexity index is 380. The maximum Gasteiger partial charge on any atom is 0.117 e. The first-order valence-corrected chi connectivity index (χ1v) is 5.39. The van der Waals surface area contributed by atoms with Crippen LogP contribution >= 0.6 is 27.3 Å². The number of halogens is 1. The Morgan fingerprint density at radius 3 is 2.85 bits per heavy atom. The van der Waals surface area contributed by atoms with Crippen molar-refractivity contribution in [3.05, 3.63) is 45.0 Å². The molecule has 0 unspecified atom stereocenters. The van der Waals surface area contributed by atoms with Gasteiger partial charge in [-0.1, -0.05) is 0 Å². The van der Waals surface area contributed by atoms with Crippen LogP contribution in [0.25, 0.3) is 0 Å². The van der Waals surface area contributed by atoms with Gasteiger partial charge in [0.05, 0.1) is 17.4 Å². The molecule has 2 heterocycles. The van der Waals surface area contributed by atoms with Crippen molar-refractivity contribution in [2.24, 2.45) is 0 Å². The quantitative estimate of drug-likeness (QED) is 0.898. The lowest BCUT2D eigenvalue weighted by Crippen LogP contribution is -1.95. The van der Waals surface area contributed by atoms with Gasteiger partial charge in [0.15, 0.2) is 0 Å². The molecule has 68 valence electrons. The van der Waals surface area contributed by atoms with Crippen LogP contribution in [0, 0.1) is 0 Å². The molecule has 0 spiro atoms. The Balaban J connectivity index is 2.33. The summed E-state index contributed by atoms with van der Waals surface area (Å²) in [6.45, 7) is 0. The van der Waals surface area contributed by atoms with Crippen LogP contribution in [-0.4, -0.2) is 5.11 Å². The highest BCUT2D eigenvalue weighted by Crippen LogP contribution is 2.32. The van der Waals surface area contributed by atoms with Crippen molar-refractivity contribution in [2.45, 2.75) is 6.10 Å². The van der Waals surface area contributed by atoms with Crippen molar-refractivity contribution in [1.82, 2.24) is 0 Å². The van der Waals surface area contributed by atoms with Crippen molar-refractivity contribution >= 4 is 27.3 Å². The Kier molecular flexibility index (Phi) is 2.53. The number of aliphatic hydroxyl groups excluding tert-OH is 1. The average Bonchev–Trinajstić information content (AvgIpc) is 2.72. The van der Waals surface area contributed by atoms with E-state index in [4.69, 9.17) is 4.42 Å². The molecular formula is C9H7BrO2S. The molecule has 1 atom stereocenters. The van der Waals surface area contributed by atoms with Crippen LogP contribution in [0.5, 0.6) is 0 Å². The van der Waals surface area contributed by atoms with Crippen LogP contribution in [0.15, 0.2) is 38.9 Å². The van der Waals surface area contributed by atoms with E-state index in [-0.39, 0.29) is 0 Å². The van der Waals surface area contributed by atoms with E-state index in [1.54, 1.807) is 18.6 Å². The first kappa shape index (κ1) is 8.99. The van der Waals surface area contributed by atoms with Gasteiger partial charge in [0, 0.05) is 10.0 Å². The molecule has 0 aliphatic heterocycles. The summed E-state index contributed by atoms with van der Waals surface area (Å²) in [5.74, 6) is 0. The van der Waals surface area contributed by atoms with Gasteiger partial charge < -0.3 is 9.52 Å². The second kappa shape index (κ2) is 3.65. The fourth-order valence-electron chi connectivity index (χ4n) is 1.08. The zero-order valence-corrected chi connectivity index (χ0v) is 9.01. The van der Waals surface area contributed by atoms with E-state index in [1.165, 1.54) is 11.3 Å². The SMILES string of the molecule is O[C@H](c1ccoc1)c1sccc1Br. The number of aliphatic hydroxyl groups is 1. The molecule has 1 N–H and O–H groups in total. The summed E-state index contributed by atoms with van der Waals surface area (Å²) >= 11 is 4.89. The molecule has 0 amide bonds. The Labute approximate surface area is 87.9 Å². The fourth-order valence-corrected chi connectivity index (χ4v) is 2.68. The molecule has 0 radical (unpaired) electrons. The van der Waals surface area contributed by atoms with Gasteiger partial charge in [0.1, 0.15) is 6.10 Å². The molecule has 0 saturated carbocycles. The largest absolute Gasteiger partial charge is 0.472 e. The van der Waals surface area contributed by atoms with Gasteiger partial charge >= 0.3 is 0 Å². The lowest BCUT2D eigenvalue weighted by atomic mass is 10.2. The number of hydrogen-bond acceptors (Lipinski definition) is 3. The van der Waals surface area contributed by atoms with Crippen LogP contribution in [-0.2, 0) is 0 Å². The minimum absolute atomic E-state index is 0.590. The van der Waals surface area contributed by atoms with Gasteiger partial charge in [-0.05, 0) is 33.4 Å². The number of rotatable bonds is 2. The summed E-state index contributed by atoms with van der Waals surface area (Å²) in [6.07, 6.45) is 2.52. The smallest absolute Gasteiger partial charge is 0.117 e. The zero-order valence-electron chi connectivity index (χ0n) is 6.61. The predicted molar refractivity (Wildman–Crippen MR) is 54.8 cm³/mol. The fraction of sp³-hybridized carbons (Fsp3) is 0.111. The molecule has 0 saturated heterocycles. The van der Waals surface area contributed by atoms with E-state index < -0.39 is 6.10 Å². The first-order chi connectivity index (χ1) is 6.29. The third-order valence-corrected chi connectivity index (χ3v) is 3.68. The van der Waals surface area contributed by atoms with Gasteiger partial charge in [-0.25, -0.2) is 0 Å². The predicted octanol–water partition coefficient (Wildman–Crippen LogP) is 3.19. The molecule has 0 aliphatic rings. The molecule has 0 fully saturated rings. The standard InChI is InChI=1S/C9H7BrO2S/c10-7-2-4-13-9(7)8(11)6-1-3-12-5-6/h1-5,8,11H/t8-/m1/s1. The lowest BCUT2D eigenvalue weighted by Gasteiger charge is -2.05. The van der Waals surface area contributed by atoms with Gasteiger partial charge in [-0.2, -0.15) is 0 Å². The highest BCUT2D eigenvalue weighted by Gasteiger charge is 2.15. The van der Waals surface area contributed by atoms with Crippen LogP contribution in [0.3, 0.4) is 0 Å². The number of hydrogen-bond donors (Lipinski definition) is 1. The zero-order chi connectivity index (χ0) is 9.26. The van der Waals surface area contributed by atoms with Crippen LogP contribution in [0.4, 0.5) is 0 Å². The molecule has 0 bridgehead atoms. The van der Waals surface area contributed by atoms with Crippen LogP contribution in [0.2, 0.25) is 0 Å². The molecule has 2 nitrogen and oxygen atoms in total. The van der Waals surface area contributed by atoms with E-state index in [2.05, 4.69) is 15.9 Å². The second-order valence-corrected chi connectivity index (χ2v) is 4.39. The topological polar surface area (TPSA) is 33.4 Å². The van der Waals surface area contributed by atoms with E-state index in [0.717, 1.165) is 14.9 Å². The molecule has 2 rings (SSSR count). The minimum atomic E-state index is -0.590. The van der Waals surface area contributed by atoms with E-state index >= 15 is 0 Å². The summed E-state index contributed by atoms with van der Waals surface area (Å²) in [7, 11) is 0. The van der Waals surface area contributed by atoms with Crippen molar-refractivity contribution < 1.29 is 9.52 Å². The lowest BCUT2D eigenvalue weighted by molar-refractivity contribution is 0.222. The first-order valence-electron chi connectivity index (χ1n) is 3.72. The van der Waals surface area contributed by atoms with Crippen molar-refractivity contribution in [3.8, 4) is 0 Å². The summed E-state index contributed by atoms with van der Waals surface area (Å²) in [6, 6.07) is 3.68. The summed E-state index contributed by atoms with van der Waals surface area (Å²) in [5, 5.41) is 11.8. The van der Waals surface area contributed by atoms with Crippen molar-refractivity contribution in [2.75, 3.05) is 0 Å². The molecule has 2 aromatic rings. The normalized spacial score (nSPS) is 13.1. The van der Waals surface area contributed by atoms with Gasteiger partial charge in [0.2, 0.25) is 0 Å². The van der Waals surface area contributed by atoms with Crippen molar-refractivity contribution in [3.63, 3.8) is 0 Å². The van der Waals surface area contributed by atoms with Gasteiger partial charge in [-0.3, -0.25) is 0 Å².